The number of nitrogens with two attached hydrogens (primary N) is 1. The summed E-state index contributed by atoms with van der Waals surface area (Å²) in [6.07, 6.45) is 0. The second-order valence-corrected chi connectivity index (χ2v) is 4.02. The van der Waals surface area contributed by atoms with Gasteiger partial charge in [-0.2, -0.15) is 0 Å². The van der Waals surface area contributed by atoms with E-state index in [1.165, 1.54) is 4.57 Å². The van der Waals surface area contributed by atoms with Gasteiger partial charge in [-0.25, -0.2) is 10.8 Å². The van der Waals surface area contributed by atoms with E-state index in [0.717, 1.165) is 4.47 Å². The molecule has 78 valence electrons. The zero-order valence-electron chi connectivity index (χ0n) is 7.99. The molecule has 0 radical (unpaired) electrons. The Morgan fingerprint density at radius 3 is 2.93 bits per heavy atom. The number of hydrogen-bond acceptors (Lipinski definition) is 4. The Morgan fingerprint density at radius 2 is 2.27 bits per heavy atom. The van der Waals surface area contributed by atoms with Gasteiger partial charge in [0.2, 0.25) is 5.95 Å². The van der Waals surface area contributed by atoms with Gasteiger partial charge in [-0.1, -0.05) is 15.9 Å². The molecule has 3 N–H and O–H groups in total. The van der Waals surface area contributed by atoms with E-state index in [2.05, 4.69) is 26.3 Å². The average molecular weight is 269 g/mol. The number of nitrogen functional groups attached to an aromatic ring is 1. The van der Waals surface area contributed by atoms with Crippen molar-refractivity contribution in [2.45, 2.75) is 0 Å². The quantitative estimate of drug-likeness (QED) is 0.598. The van der Waals surface area contributed by atoms with Crippen molar-refractivity contribution < 1.29 is 0 Å². The molecular weight excluding hydrogens is 260 g/mol. The zero-order chi connectivity index (χ0) is 11.0. The normalized spacial score (nSPS) is 10.6. The number of rotatable bonds is 1. The number of fused-ring (bicyclic) bond motifs is 1. The van der Waals surface area contributed by atoms with Gasteiger partial charge in [0.05, 0.1) is 10.9 Å². The van der Waals surface area contributed by atoms with Crippen molar-refractivity contribution >= 4 is 32.8 Å². The summed E-state index contributed by atoms with van der Waals surface area (Å²) in [5, 5.41) is 0.561. The van der Waals surface area contributed by atoms with E-state index in [1.807, 2.05) is 6.07 Å². The Balaban J connectivity index is 2.91. The molecule has 15 heavy (non-hydrogen) atoms. The molecule has 0 fully saturated rings. The molecule has 0 saturated carbocycles. The lowest BCUT2D eigenvalue weighted by molar-refractivity contribution is 0.845. The first-order chi connectivity index (χ1) is 7.13. The van der Waals surface area contributed by atoms with Gasteiger partial charge in [0.1, 0.15) is 0 Å². The van der Waals surface area contributed by atoms with E-state index in [-0.39, 0.29) is 5.56 Å². The number of benzene rings is 1. The van der Waals surface area contributed by atoms with Crippen LogP contribution < -0.4 is 16.8 Å². The van der Waals surface area contributed by atoms with Gasteiger partial charge in [-0.3, -0.25) is 14.8 Å². The molecule has 1 aromatic heterocycles. The largest absolute Gasteiger partial charge is 0.294 e. The number of halogens is 1. The Kier molecular flexibility index (Phi) is 2.45. The van der Waals surface area contributed by atoms with Gasteiger partial charge >= 0.3 is 0 Å². The molecule has 0 spiro atoms. The summed E-state index contributed by atoms with van der Waals surface area (Å²) in [4.78, 5) is 16.1. The Labute approximate surface area is 94.0 Å². The minimum Gasteiger partial charge on any atom is -0.294 e. The molecule has 0 aliphatic carbocycles. The maximum absolute atomic E-state index is 11.9. The van der Waals surface area contributed by atoms with Crippen molar-refractivity contribution in [1.29, 1.82) is 0 Å². The van der Waals surface area contributed by atoms with Crippen molar-refractivity contribution in [2.75, 3.05) is 5.43 Å². The van der Waals surface area contributed by atoms with Crippen LogP contribution in [0.5, 0.6) is 0 Å². The van der Waals surface area contributed by atoms with Crippen LogP contribution in [0.3, 0.4) is 0 Å². The lowest BCUT2D eigenvalue weighted by Gasteiger charge is -2.07. The summed E-state index contributed by atoms with van der Waals surface area (Å²) in [5.41, 5.74) is 2.87. The summed E-state index contributed by atoms with van der Waals surface area (Å²) < 4.78 is 2.22. The highest BCUT2D eigenvalue weighted by atomic mass is 79.9. The van der Waals surface area contributed by atoms with E-state index in [1.54, 1.807) is 19.2 Å². The van der Waals surface area contributed by atoms with Crippen LogP contribution in [0.15, 0.2) is 27.5 Å². The highest BCUT2D eigenvalue weighted by molar-refractivity contribution is 9.10. The predicted molar refractivity (Wildman–Crippen MR) is 62.5 cm³/mol. The lowest BCUT2D eigenvalue weighted by atomic mass is 10.2. The standard InChI is InChI=1S/C9H9BrN4O/c1-14-8(15)6-4-5(10)2-3-7(6)12-9(14)13-11/h2-4H,11H2,1H3,(H,12,13). The maximum atomic E-state index is 11.9. The number of anilines is 1. The molecule has 1 aromatic carbocycles. The van der Waals surface area contributed by atoms with Crippen LogP contribution in [0.1, 0.15) is 0 Å². The summed E-state index contributed by atoms with van der Waals surface area (Å²) >= 11 is 3.31. The molecule has 0 amide bonds. The van der Waals surface area contributed by atoms with Crippen LogP contribution >= 0.6 is 15.9 Å². The summed E-state index contributed by atoms with van der Waals surface area (Å²) in [5.74, 6) is 5.60. The molecule has 0 saturated heterocycles. The van der Waals surface area contributed by atoms with Crippen LogP contribution in [0, 0.1) is 0 Å². The molecule has 0 atom stereocenters. The highest BCUT2D eigenvalue weighted by Gasteiger charge is 2.06. The topological polar surface area (TPSA) is 72.9 Å². The van der Waals surface area contributed by atoms with Gasteiger partial charge in [-0.05, 0) is 18.2 Å². The lowest BCUT2D eigenvalue weighted by Crippen LogP contribution is -2.24. The molecule has 0 aliphatic rings. The molecule has 0 aliphatic heterocycles. The van der Waals surface area contributed by atoms with Crippen molar-refractivity contribution in [2.24, 2.45) is 12.9 Å². The van der Waals surface area contributed by atoms with Gasteiger partial charge in [0.15, 0.2) is 0 Å². The number of hydrogen-bond donors (Lipinski definition) is 2. The monoisotopic (exact) mass is 268 g/mol. The third-order valence-electron chi connectivity index (χ3n) is 2.17. The molecule has 2 aromatic rings. The van der Waals surface area contributed by atoms with Crippen molar-refractivity contribution in [1.82, 2.24) is 9.55 Å². The van der Waals surface area contributed by atoms with Gasteiger partial charge in [0, 0.05) is 11.5 Å². The molecule has 0 bridgehead atoms. The molecule has 5 nitrogen and oxygen atoms in total. The maximum Gasteiger partial charge on any atom is 0.262 e. The summed E-state index contributed by atoms with van der Waals surface area (Å²) in [7, 11) is 1.62. The van der Waals surface area contributed by atoms with E-state index >= 15 is 0 Å². The van der Waals surface area contributed by atoms with Crippen LogP contribution in [0.4, 0.5) is 5.95 Å². The molecule has 0 unspecified atom stereocenters. The fourth-order valence-corrected chi connectivity index (χ4v) is 1.73. The number of aromatic nitrogens is 2. The Hall–Kier alpha value is -1.40. The van der Waals surface area contributed by atoms with Crippen LogP contribution in [0.25, 0.3) is 10.9 Å². The minimum atomic E-state index is -0.130. The first kappa shape index (κ1) is 10.1. The van der Waals surface area contributed by atoms with E-state index in [9.17, 15) is 4.79 Å². The fourth-order valence-electron chi connectivity index (χ4n) is 1.37. The number of hydrazine groups is 1. The first-order valence-corrected chi connectivity index (χ1v) is 5.05. The third kappa shape index (κ3) is 1.62. The molecule has 2 rings (SSSR count). The van der Waals surface area contributed by atoms with Crippen molar-refractivity contribution in [3.8, 4) is 0 Å². The molecular formula is C9H9BrN4O. The van der Waals surface area contributed by atoms with Gasteiger partial charge < -0.3 is 0 Å². The van der Waals surface area contributed by atoms with Crippen LogP contribution in [-0.2, 0) is 7.05 Å². The van der Waals surface area contributed by atoms with Crippen LogP contribution in [0.2, 0.25) is 0 Å². The minimum absolute atomic E-state index is 0.130. The van der Waals surface area contributed by atoms with Gasteiger partial charge in [-0.15, -0.1) is 0 Å². The third-order valence-corrected chi connectivity index (χ3v) is 2.66. The van der Waals surface area contributed by atoms with Crippen molar-refractivity contribution in [3.63, 3.8) is 0 Å². The molecule has 1 heterocycles. The SMILES string of the molecule is Cn1c(NN)nc2ccc(Br)cc2c1=O. The second-order valence-electron chi connectivity index (χ2n) is 3.11. The van der Waals surface area contributed by atoms with E-state index < -0.39 is 0 Å². The zero-order valence-corrected chi connectivity index (χ0v) is 9.58. The Morgan fingerprint density at radius 1 is 1.53 bits per heavy atom. The van der Waals surface area contributed by atoms with E-state index in [4.69, 9.17) is 5.84 Å². The Bertz CT molecular complexity index is 578. The fraction of sp³-hybridized carbons (Fsp3) is 0.111. The highest BCUT2D eigenvalue weighted by Crippen LogP contribution is 2.16. The van der Waals surface area contributed by atoms with E-state index in [0.29, 0.717) is 16.9 Å². The summed E-state index contributed by atoms with van der Waals surface area (Å²) in [6, 6.07) is 5.34. The van der Waals surface area contributed by atoms with Crippen LogP contribution in [-0.4, -0.2) is 9.55 Å². The predicted octanol–water partition coefficient (Wildman–Crippen LogP) is 0.982. The average Bonchev–Trinajstić information content (AvgIpc) is 2.24. The number of nitrogens with zero attached hydrogens (tertiary/aromatic N) is 2. The number of nitrogens with one attached hydrogen (secondary N) is 1. The van der Waals surface area contributed by atoms with Gasteiger partial charge in [0.25, 0.3) is 5.56 Å². The molecule has 6 heteroatoms. The first-order valence-electron chi connectivity index (χ1n) is 4.26. The second kappa shape index (κ2) is 3.63. The smallest absolute Gasteiger partial charge is 0.262 e. The van der Waals surface area contributed by atoms with Crippen molar-refractivity contribution in [3.05, 3.63) is 33.0 Å². The summed E-state index contributed by atoms with van der Waals surface area (Å²) in [6.45, 7) is 0.